The first-order valence-corrected chi connectivity index (χ1v) is 5.52. The standard InChI is InChI=1S/C12H10FN5O/c1-18-5-4-10(16-18)11-15-12(19-17-11)8-3-2-7(13)6-9(8)14/h2-6H,14H2,1H3. The van der Waals surface area contributed by atoms with Crippen LogP contribution >= 0.6 is 0 Å². The van der Waals surface area contributed by atoms with Crippen LogP contribution in [-0.4, -0.2) is 19.9 Å². The molecule has 0 aliphatic carbocycles. The molecule has 2 aromatic heterocycles. The van der Waals surface area contributed by atoms with Gasteiger partial charge in [-0.15, -0.1) is 0 Å². The van der Waals surface area contributed by atoms with E-state index in [2.05, 4.69) is 15.2 Å². The lowest BCUT2D eigenvalue weighted by Gasteiger charge is -1.99. The number of benzene rings is 1. The van der Waals surface area contributed by atoms with Gasteiger partial charge in [-0.3, -0.25) is 4.68 Å². The molecule has 0 aliphatic rings. The fourth-order valence-electron chi connectivity index (χ4n) is 1.70. The van der Waals surface area contributed by atoms with Crippen LogP contribution in [0.3, 0.4) is 0 Å². The summed E-state index contributed by atoms with van der Waals surface area (Å²) in [5.74, 6) is 0.184. The summed E-state index contributed by atoms with van der Waals surface area (Å²) in [5.41, 5.74) is 7.06. The highest BCUT2D eigenvalue weighted by atomic mass is 19.1. The van der Waals surface area contributed by atoms with E-state index in [1.165, 1.54) is 18.2 Å². The third kappa shape index (κ3) is 2.05. The third-order valence-corrected chi connectivity index (χ3v) is 2.61. The smallest absolute Gasteiger partial charge is 0.260 e. The van der Waals surface area contributed by atoms with E-state index in [9.17, 15) is 4.39 Å². The predicted molar refractivity (Wildman–Crippen MR) is 66.3 cm³/mol. The average molecular weight is 259 g/mol. The van der Waals surface area contributed by atoms with E-state index in [4.69, 9.17) is 10.3 Å². The van der Waals surface area contributed by atoms with Crippen LogP contribution < -0.4 is 5.73 Å². The molecule has 6 nitrogen and oxygen atoms in total. The van der Waals surface area contributed by atoms with Crippen molar-refractivity contribution in [1.82, 2.24) is 19.9 Å². The summed E-state index contributed by atoms with van der Waals surface area (Å²) in [5, 5.41) is 7.99. The Kier molecular flexibility index (Phi) is 2.52. The molecule has 0 amide bonds. The van der Waals surface area contributed by atoms with Crippen LogP contribution in [0.2, 0.25) is 0 Å². The Hall–Kier alpha value is -2.70. The Labute approximate surface area is 107 Å². The number of hydrogen-bond donors (Lipinski definition) is 1. The van der Waals surface area contributed by atoms with E-state index >= 15 is 0 Å². The van der Waals surface area contributed by atoms with Gasteiger partial charge in [-0.05, 0) is 24.3 Å². The van der Waals surface area contributed by atoms with Gasteiger partial charge in [0.05, 0.1) is 5.56 Å². The molecule has 96 valence electrons. The lowest BCUT2D eigenvalue weighted by atomic mass is 10.2. The molecule has 1 aromatic carbocycles. The predicted octanol–water partition coefficient (Wildman–Crippen LogP) is 1.86. The molecular formula is C12H10FN5O. The van der Waals surface area contributed by atoms with Gasteiger partial charge in [0.15, 0.2) is 0 Å². The van der Waals surface area contributed by atoms with Crippen molar-refractivity contribution in [3.05, 3.63) is 36.3 Å². The normalized spacial score (nSPS) is 10.8. The maximum atomic E-state index is 13.0. The van der Waals surface area contributed by atoms with Gasteiger partial charge >= 0.3 is 0 Å². The van der Waals surface area contributed by atoms with E-state index in [-0.39, 0.29) is 11.6 Å². The minimum Gasteiger partial charge on any atom is -0.398 e. The highest BCUT2D eigenvalue weighted by molar-refractivity contribution is 5.71. The third-order valence-electron chi connectivity index (χ3n) is 2.61. The van der Waals surface area contributed by atoms with Crippen LogP contribution in [-0.2, 0) is 7.05 Å². The van der Waals surface area contributed by atoms with Gasteiger partial charge < -0.3 is 10.3 Å². The number of nitrogens with zero attached hydrogens (tertiary/aromatic N) is 4. The Morgan fingerprint density at radius 2 is 2.16 bits per heavy atom. The molecule has 19 heavy (non-hydrogen) atoms. The van der Waals surface area contributed by atoms with E-state index in [0.717, 1.165) is 0 Å². The quantitative estimate of drug-likeness (QED) is 0.710. The molecular weight excluding hydrogens is 249 g/mol. The summed E-state index contributed by atoms with van der Waals surface area (Å²) in [6.45, 7) is 0. The molecule has 0 fully saturated rings. The van der Waals surface area contributed by atoms with Crippen molar-refractivity contribution in [2.45, 2.75) is 0 Å². The van der Waals surface area contributed by atoms with Crippen LogP contribution in [0.25, 0.3) is 23.0 Å². The van der Waals surface area contributed by atoms with Gasteiger partial charge in [0, 0.05) is 18.9 Å². The molecule has 0 unspecified atom stereocenters. The van der Waals surface area contributed by atoms with Crippen molar-refractivity contribution in [2.24, 2.45) is 7.05 Å². The molecule has 3 aromatic rings. The van der Waals surface area contributed by atoms with Gasteiger partial charge in [-0.25, -0.2) is 4.39 Å². The maximum Gasteiger partial charge on any atom is 0.260 e. The monoisotopic (exact) mass is 259 g/mol. The van der Waals surface area contributed by atoms with Crippen LogP contribution in [0.1, 0.15) is 0 Å². The van der Waals surface area contributed by atoms with Crippen LogP contribution in [0.15, 0.2) is 35.0 Å². The highest BCUT2D eigenvalue weighted by Gasteiger charge is 2.14. The molecule has 0 atom stereocenters. The molecule has 0 saturated carbocycles. The first kappa shape index (κ1) is 11.4. The summed E-state index contributed by atoms with van der Waals surface area (Å²) in [6.07, 6.45) is 1.78. The highest BCUT2D eigenvalue weighted by Crippen LogP contribution is 2.26. The maximum absolute atomic E-state index is 13.0. The number of anilines is 1. The van der Waals surface area contributed by atoms with E-state index in [0.29, 0.717) is 17.1 Å². The lowest BCUT2D eigenvalue weighted by Crippen LogP contribution is -1.92. The van der Waals surface area contributed by atoms with E-state index in [1.54, 1.807) is 24.0 Å². The SMILES string of the molecule is Cn1ccc(-c2noc(-c3ccc(F)cc3N)n2)n1. The summed E-state index contributed by atoms with van der Waals surface area (Å²) in [4.78, 5) is 4.20. The first-order valence-electron chi connectivity index (χ1n) is 5.52. The minimum atomic E-state index is -0.411. The van der Waals surface area contributed by atoms with Crippen molar-refractivity contribution in [1.29, 1.82) is 0 Å². The number of aromatic nitrogens is 4. The molecule has 7 heteroatoms. The van der Waals surface area contributed by atoms with Crippen molar-refractivity contribution in [3.8, 4) is 23.0 Å². The second-order valence-electron chi connectivity index (χ2n) is 4.03. The molecule has 0 bridgehead atoms. The summed E-state index contributed by atoms with van der Waals surface area (Å²) in [6, 6.07) is 5.76. The number of halogens is 1. The van der Waals surface area contributed by atoms with Gasteiger partial charge in [0.1, 0.15) is 11.5 Å². The van der Waals surface area contributed by atoms with Crippen LogP contribution in [0.4, 0.5) is 10.1 Å². The number of rotatable bonds is 2. The van der Waals surface area contributed by atoms with E-state index in [1.807, 2.05) is 0 Å². The summed E-state index contributed by atoms with van der Waals surface area (Å²) in [7, 11) is 1.79. The van der Waals surface area contributed by atoms with Gasteiger partial charge in [-0.1, -0.05) is 5.16 Å². The Balaban J connectivity index is 2.01. The van der Waals surface area contributed by atoms with Crippen LogP contribution in [0, 0.1) is 5.82 Å². The first-order chi connectivity index (χ1) is 9.13. The molecule has 0 aliphatic heterocycles. The summed E-state index contributed by atoms with van der Waals surface area (Å²) >= 11 is 0. The van der Waals surface area contributed by atoms with Crippen molar-refractivity contribution in [2.75, 3.05) is 5.73 Å². The van der Waals surface area contributed by atoms with Crippen LogP contribution in [0.5, 0.6) is 0 Å². The van der Waals surface area contributed by atoms with Crippen molar-refractivity contribution in [3.63, 3.8) is 0 Å². The number of hydrogen-bond acceptors (Lipinski definition) is 5. The van der Waals surface area contributed by atoms with Crippen molar-refractivity contribution >= 4 is 5.69 Å². The molecule has 2 N–H and O–H groups in total. The molecule has 0 saturated heterocycles. The topological polar surface area (TPSA) is 82.8 Å². The molecule has 2 heterocycles. The second-order valence-corrected chi connectivity index (χ2v) is 4.03. The fraction of sp³-hybridized carbons (Fsp3) is 0.0833. The Bertz CT molecular complexity index is 733. The second kappa shape index (κ2) is 4.20. The zero-order chi connectivity index (χ0) is 13.4. The zero-order valence-corrected chi connectivity index (χ0v) is 10.0. The Morgan fingerprint density at radius 1 is 1.32 bits per heavy atom. The molecule has 0 spiro atoms. The summed E-state index contributed by atoms with van der Waals surface area (Å²) < 4.78 is 19.7. The van der Waals surface area contributed by atoms with Crippen molar-refractivity contribution < 1.29 is 8.91 Å². The number of nitrogens with two attached hydrogens (primary N) is 1. The number of aryl methyl sites for hydroxylation is 1. The van der Waals surface area contributed by atoms with Gasteiger partial charge in [0.2, 0.25) is 5.82 Å². The minimum absolute atomic E-state index is 0.234. The van der Waals surface area contributed by atoms with E-state index < -0.39 is 5.82 Å². The van der Waals surface area contributed by atoms with Gasteiger partial charge in [0.25, 0.3) is 5.89 Å². The lowest BCUT2D eigenvalue weighted by molar-refractivity contribution is 0.432. The van der Waals surface area contributed by atoms with Gasteiger partial charge in [-0.2, -0.15) is 10.1 Å². The molecule has 3 rings (SSSR count). The fourth-order valence-corrected chi connectivity index (χ4v) is 1.70. The Morgan fingerprint density at radius 3 is 2.84 bits per heavy atom. The average Bonchev–Trinajstić information content (AvgIpc) is 2.97. The molecule has 0 radical (unpaired) electrons. The number of nitrogen functional groups attached to an aromatic ring is 1. The zero-order valence-electron chi connectivity index (χ0n) is 10.0. The largest absolute Gasteiger partial charge is 0.398 e.